The van der Waals surface area contributed by atoms with Gasteiger partial charge in [-0.25, -0.2) is 0 Å². The van der Waals surface area contributed by atoms with Crippen LogP contribution in [0.15, 0.2) is 48.8 Å². The van der Waals surface area contributed by atoms with Crippen LogP contribution in [0, 0.1) is 0 Å². The lowest BCUT2D eigenvalue weighted by Gasteiger charge is -2.08. The molecule has 1 aromatic carbocycles. The molecule has 0 aliphatic rings. The fourth-order valence-electron chi connectivity index (χ4n) is 1.63. The molecule has 0 atom stereocenters. The normalized spacial score (nSPS) is 9.78. The highest BCUT2D eigenvalue weighted by Gasteiger charge is 2.13. The van der Waals surface area contributed by atoms with Gasteiger partial charge < -0.3 is 5.32 Å². The predicted molar refractivity (Wildman–Crippen MR) is 71.7 cm³/mol. The van der Waals surface area contributed by atoms with Crippen molar-refractivity contribution in [1.82, 2.24) is 4.98 Å². The molecule has 0 saturated carbocycles. The van der Waals surface area contributed by atoms with Crippen molar-refractivity contribution in [1.29, 1.82) is 0 Å². The highest BCUT2D eigenvalue weighted by molar-refractivity contribution is 6.60. The van der Waals surface area contributed by atoms with E-state index in [0.717, 1.165) is 0 Å². The number of nitrogens with zero attached hydrogens (tertiary/aromatic N) is 1. The van der Waals surface area contributed by atoms with E-state index < -0.39 is 0 Å². The largest absolute Gasteiger partial charge is 0.335 e. The molecule has 0 saturated heterocycles. The number of carbonyl (C=O) groups is 2. The van der Waals surface area contributed by atoms with Gasteiger partial charge in [0, 0.05) is 23.5 Å². The summed E-state index contributed by atoms with van der Waals surface area (Å²) in [6, 6.07) is 10.3. The Bertz CT molecular complexity index is 585. The molecule has 2 rings (SSSR count). The van der Waals surface area contributed by atoms with Gasteiger partial charge in [-0.1, -0.05) is 12.1 Å². The van der Waals surface area contributed by atoms with Gasteiger partial charge >= 0.3 is 0 Å². The van der Waals surface area contributed by atoms with Gasteiger partial charge in [-0.2, -0.15) is 0 Å². The molecule has 18 heavy (non-hydrogen) atoms. The molecule has 0 fully saturated rings. The highest BCUT2D eigenvalue weighted by atomic mass is 16.1. The van der Waals surface area contributed by atoms with Crippen LogP contribution in [0.2, 0.25) is 0 Å². The number of benzene rings is 1. The van der Waals surface area contributed by atoms with Crippen molar-refractivity contribution in [3.63, 3.8) is 0 Å². The van der Waals surface area contributed by atoms with Crippen LogP contribution in [0.1, 0.15) is 15.9 Å². The van der Waals surface area contributed by atoms with E-state index in [0.29, 0.717) is 16.8 Å². The maximum absolute atomic E-state index is 12.3. The molecule has 0 spiro atoms. The van der Waals surface area contributed by atoms with Crippen molar-refractivity contribution >= 4 is 25.1 Å². The topological polar surface area (TPSA) is 59.1 Å². The van der Waals surface area contributed by atoms with Crippen LogP contribution < -0.4 is 5.32 Å². The Morgan fingerprint density at radius 2 is 1.89 bits per heavy atom. The molecule has 0 aliphatic heterocycles. The molecular formula is C13H11BN2O2. The van der Waals surface area contributed by atoms with Gasteiger partial charge in [0.05, 0.1) is 5.69 Å². The number of amides is 1. The molecule has 2 aromatic rings. The summed E-state index contributed by atoms with van der Waals surface area (Å²) in [4.78, 5) is 27.3. The summed E-state index contributed by atoms with van der Waals surface area (Å²) in [5, 5.41) is 2.64. The first-order valence-corrected chi connectivity index (χ1v) is 5.50. The summed E-state index contributed by atoms with van der Waals surface area (Å²) < 4.78 is 0. The third-order valence-electron chi connectivity index (χ3n) is 2.41. The van der Waals surface area contributed by atoms with Crippen molar-refractivity contribution < 1.29 is 9.59 Å². The molecular weight excluding hydrogens is 227 g/mol. The summed E-state index contributed by atoms with van der Waals surface area (Å²) in [5.41, 5.74) is 1.47. The molecule has 1 aromatic heterocycles. The number of carbonyl (C=O) groups excluding carboxylic acids is 2. The van der Waals surface area contributed by atoms with E-state index in [4.69, 9.17) is 0 Å². The molecule has 5 heteroatoms. The van der Waals surface area contributed by atoms with Crippen molar-refractivity contribution in [2.75, 3.05) is 5.32 Å². The Morgan fingerprint density at radius 1 is 1.11 bits per heavy atom. The standard InChI is InChI=1S/C13H11BN2O2/c14-13(18)16-11-6-2-1-5-10(11)12(17)9-4-3-7-15-8-9/h1-8H,14H2,(H,16,18). The monoisotopic (exact) mass is 238 g/mol. The Hall–Kier alpha value is -2.43. The quantitative estimate of drug-likeness (QED) is 0.650. The Labute approximate surface area is 105 Å². The van der Waals surface area contributed by atoms with Gasteiger partial charge in [-0.3, -0.25) is 14.6 Å². The maximum atomic E-state index is 12.3. The summed E-state index contributed by atoms with van der Waals surface area (Å²) >= 11 is 0. The molecule has 4 nitrogen and oxygen atoms in total. The predicted octanol–water partition coefficient (Wildman–Crippen LogP) is 1.48. The van der Waals surface area contributed by atoms with E-state index in [2.05, 4.69) is 10.3 Å². The molecule has 0 aliphatic carbocycles. The third kappa shape index (κ3) is 2.63. The van der Waals surface area contributed by atoms with E-state index >= 15 is 0 Å². The van der Waals surface area contributed by atoms with E-state index in [1.165, 1.54) is 14.0 Å². The van der Waals surface area contributed by atoms with E-state index in [9.17, 15) is 9.59 Å². The minimum Gasteiger partial charge on any atom is -0.335 e. The summed E-state index contributed by atoms with van der Waals surface area (Å²) in [6.07, 6.45) is 3.11. The van der Waals surface area contributed by atoms with Gasteiger partial charge in [0.25, 0.3) is 0 Å². The Balaban J connectivity index is 2.39. The summed E-state index contributed by atoms with van der Waals surface area (Å²) in [5.74, 6) is -0.367. The number of hydrogen-bond acceptors (Lipinski definition) is 3. The zero-order valence-electron chi connectivity index (χ0n) is 9.88. The number of ketones is 1. The number of nitrogens with one attached hydrogen (secondary N) is 1. The number of para-hydroxylation sites is 1. The minimum atomic E-state index is -0.207. The molecule has 0 radical (unpaired) electrons. The van der Waals surface area contributed by atoms with Crippen LogP contribution in [0.3, 0.4) is 0 Å². The number of anilines is 1. The van der Waals surface area contributed by atoms with Crippen LogP contribution in [0.4, 0.5) is 10.5 Å². The SMILES string of the molecule is BC(=O)Nc1ccccc1C(=O)c1cccnc1. The summed E-state index contributed by atoms with van der Waals surface area (Å²) in [7, 11) is 1.41. The second-order valence-corrected chi connectivity index (χ2v) is 3.80. The second kappa shape index (κ2) is 5.27. The third-order valence-corrected chi connectivity index (χ3v) is 2.41. The average molecular weight is 238 g/mol. The van der Waals surface area contributed by atoms with Crippen LogP contribution in [0.5, 0.6) is 0 Å². The van der Waals surface area contributed by atoms with E-state index in [-0.39, 0.29) is 11.6 Å². The van der Waals surface area contributed by atoms with Gasteiger partial charge in [0.1, 0.15) is 0 Å². The van der Waals surface area contributed by atoms with Crippen molar-refractivity contribution in [2.24, 2.45) is 0 Å². The first-order chi connectivity index (χ1) is 8.68. The van der Waals surface area contributed by atoms with Crippen LogP contribution in [-0.4, -0.2) is 24.4 Å². The number of aromatic nitrogens is 1. The first kappa shape index (κ1) is 12.0. The van der Waals surface area contributed by atoms with E-state index in [1.807, 2.05) is 0 Å². The molecule has 1 N–H and O–H groups in total. The number of rotatable bonds is 3. The van der Waals surface area contributed by atoms with Crippen molar-refractivity contribution in [3.8, 4) is 0 Å². The smallest absolute Gasteiger partial charge is 0.216 e. The lowest BCUT2D eigenvalue weighted by Crippen LogP contribution is -2.13. The van der Waals surface area contributed by atoms with E-state index in [1.54, 1.807) is 42.6 Å². The summed E-state index contributed by atoms with van der Waals surface area (Å²) in [6.45, 7) is 0. The molecule has 1 amide bonds. The average Bonchev–Trinajstić information content (AvgIpc) is 2.39. The molecule has 0 bridgehead atoms. The first-order valence-electron chi connectivity index (χ1n) is 5.50. The highest BCUT2D eigenvalue weighted by Crippen LogP contribution is 2.18. The van der Waals surface area contributed by atoms with Crippen LogP contribution in [0.25, 0.3) is 0 Å². The Morgan fingerprint density at radius 3 is 2.56 bits per heavy atom. The molecule has 0 unspecified atom stereocenters. The lowest BCUT2D eigenvalue weighted by atomic mass is 10.0. The van der Waals surface area contributed by atoms with Crippen LogP contribution in [-0.2, 0) is 0 Å². The number of pyridine rings is 1. The van der Waals surface area contributed by atoms with Gasteiger partial charge in [0.15, 0.2) is 11.6 Å². The minimum absolute atomic E-state index is 0.160. The van der Waals surface area contributed by atoms with Gasteiger partial charge in [0.2, 0.25) is 7.85 Å². The lowest BCUT2D eigenvalue weighted by molar-refractivity contribution is 0.103. The van der Waals surface area contributed by atoms with Gasteiger partial charge in [-0.15, -0.1) is 0 Å². The maximum Gasteiger partial charge on any atom is 0.216 e. The van der Waals surface area contributed by atoms with Gasteiger partial charge in [-0.05, 0) is 24.3 Å². The Kier molecular flexibility index (Phi) is 3.53. The molecule has 1 heterocycles. The number of hydrogen-bond donors (Lipinski definition) is 1. The fraction of sp³-hybridized carbons (Fsp3) is 0. The zero-order chi connectivity index (χ0) is 13.0. The zero-order valence-corrected chi connectivity index (χ0v) is 9.88. The van der Waals surface area contributed by atoms with Crippen LogP contribution >= 0.6 is 0 Å². The second-order valence-electron chi connectivity index (χ2n) is 3.80. The molecule has 88 valence electrons. The fourth-order valence-corrected chi connectivity index (χ4v) is 1.63. The van der Waals surface area contributed by atoms with Crippen molar-refractivity contribution in [3.05, 3.63) is 59.9 Å². The van der Waals surface area contributed by atoms with Crippen molar-refractivity contribution in [2.45, 2.75) is 0 Å².